The maximum atomic E-state index is 12.1. The number of carbonyl (C=O) groups is 1. The van der Waals surface area contributed by atoms with Crippen LogP contribution in [0.2, 0.25) is 0 Å². The van der Waals surface area contributed by atoms with Crippen LogP contribution in [0.3, 0.4) is 0 Å². The molecule has 2 rings (SSSR count). The summed E-state index contributed by atoms with van der Waals surface area (Å²) >= 11 is 0. The van der Waals surface area contributed by atoms with E-state index in [4.69, 9.17) is 4.74 Å². The zero-order valence-electron chi connectivity index (χ0n) is 13.5. The van der Waals surface area contributed by atoms with Crippen molar-refractivity contribution in [2.24, 2.45) is 5.92 Å². The highest BCUT2D eigenvalue weighted by Gasteiger charge is 2.08. The molecule has 1 aliphatic heterocycles. The Morgan fingerprint density at radius 1 is 1.32 bits per heavy atom. The molecule has 0 aromatic heterocycles. The number of carbonyl (C=O) groups excluding carboxylic acids is 1. The summed E-state index contributed by atoms with van der Waals surface area (Å²) in [6.45, 7) is 7.58. The molecule has 0 atom stereocenters. The Morgan fingerprint density at radius 2 is 2.09 bits per heavy atom. The molecule has 4 heteroatoms. The van der Waals surface area contributed by atoms with Crippen molar-refractivity contribution in [1.82, 2.24) is 10.6 Å². The predicted octanol–water partition coefficient (Wildman–Crippen LogP) is 2.76. The third kappa shape index (κ3) is 5.53. The Bertz CT molecular complexity index is 506. The summed E-state index contributed by atoms with van der Waals surface area (Å²) in [7, 11) is 0. The van der Waals surface area contributed by atoms with Crippen LogP contribution in [-0.2, 0) is 0 Å². The van der Waals surface area contributed by atoms with Crippen LogP contribution < -0.4 is 15.4 Å². The molecule has 0 spiro atoms. The summed E-state index contributed by atoms with van der Waals surface area (Å²) in [5.74, 6) is 1.42. The minimum atomic E-state index is -0.0341. The standard InChI is InChI=1S/C18H26N2O2/c1-14(2)9-12-22-17-5-3-16(4-6-17)18(21)20-13-15-7-10-19-11-8-15/h3-7,14,19H,8-13H2,1-2H3,(H,20,21). The molecule has 0 saturated heterocycles. The fraction of sp³-hybridized carbons (Fsp3) is 0.500. The Balaban J connectivity index is 1.79. The van der Waals surface area contributed by atoms with E-state index in [1.807, 2.05) is 24.3 Å². The SMILES string of the molecule is CC(C)CCOc1ccc(C(=O)NCC2=CCNCC2)cc1. The number of benzene rings is 1. The summed E-state index contributed by atoms with van der Waals surface area (Å²) in [5, 5.41) is 6.23. The van der Waals surface area contributed by atoms with Gasteiger partial charge in [-0.15, -0.1) is 0 Å². The number of nitrogens with one attached hydrogen (secondary N) is 2. The van der Waals surface area contributed by atoms with Gasteiger partial charge in [-0.25, -0.2) is 0 Å². The predicted molar refractivity (Wildman–Crippen MR) is 89.3 cm³/mol. The lowest BCUT2D eigenvalue weighted by molar-refractivity contribution is 0.0956. The number of ether oxygens (including phenoxy) is 1. The maximum absolute atomic E-state index is 12.1. The Labute approximate surface area is 132 Å². The lowest BCUT2D eigenvalue weighted by Gasteiger charge is -2.14. The molecule has 0 saturated carbocycles. The van der Waals surface area contributed by atoms with Crippen LogP contribution in [0.15, 0.2) is 35.9 Å². The van der Waals surface area contributed by atoms with E-state index in [-0.39, 0.29) is 5.91 Å². The van der Waals surface area contributed by atoms with Gasteiger partial charge in [0.25, 0.3) is 5.91 Å². The number of hydrogen-bond acceptors (Lipinski definition) is 3. The lowest BCUT2D eigenvalue weighted by Crippen LogP contribution is -2.29. The summed E-state index contributed by atoms with van der Waals surface area (Å²) in [6.07, 6.45) is 4.19. The van der Waals surface area contributed by atoms with Crippen molar-refractivity contribution in [3.63, 3.8) is 0 Å². The molecule has 4 nitrogen and oxygen atoms in total. The molecule has 1 aromatic carbocycles. The van der Waals surface area contributed by atoms with E-state index in [1.54, 1.807) is 0 Å². The molecule has 0 unspecified atom stereocenters. The molecule has 0 fully saturated rings. The highest BCUT2D eigenvalue weighted by atomic mass is 16.5. The van der Waals surface area contributed by atoms with Crippen molar-refractivity contribution in [2.45, 2.75) is 26.7 Å². The van der Waals surface area contributed by atoms with Gasteiger partial charge in [-0.05, 0) is 49.6 Å². The monoisotopic (exact) mass is 302 g/mol. The van der Waals surface area contributed by atoms with Crippen molar-refractivity contribution < 1.29 is 9.53 Å². The molecular formula is C18H26N2O2. The molecule has 1 amide bonds. The van der Waals surface area contributed by atoms with Gasteiger partial charge in [-0.3, -0.25) is 4.79 Å². The number of hydrogen-bond donors (Lipinski definition) is 2. The fourth-order valence-electron chi connectivity index (χ4n) is 2.24. The summed E-state index contributed by atoms with van der Waals surface area (Å²) in [4.78, 5) is 12.1. The van der Waals surface area contributed by atoms with E-state index < -0.39 is 0 Å². The quantitative estimate of drug-likeness (QED) is 0.762. The van der Waals surface area contributed by atoms with E-state index in [9.17, 15) is 4.79 Å². The molecule has 0 radical (unpaired) electrons. The summed E-state index contributed by atoms with van der Waals surface area (Å²) < 4.78 is 5.66. The summed E-state index contributed by atoms with van der Waals surface area (Å²) in [6, 6.07) is 7.35. The topological polar surface area (TPSA) is 50.4 Å². The van der Waals surface area contributed by atoms with Crippen LogP contribution >= 0.6 is 0 Å². The van der Waals surface area contributed by atoms with Gasteiger partial charge in [0.2, 0.25) is 0 Å². The van der Waals surface area contributed by atoms with Crippen molar-refractivity contribution in [3.8, 4) is 5.75 Å². The van der Waals surface area contributed by atoms with Gasteiger partial charge in [0.1, 0.15) is 5.75 Å². The minimum Gasteiger partial charge on any atom is -0.494 e. The fourth-order valence-corrected chi connectivity index (χ4v) is 2.24. The molecule has 2 N–H and O–H groups in total. The van der Waals surface area contributed by atoms with E-state index in [2.05, 4.69) is 30.6 Å². The van der Waals surface area contributed by atoms with Crippen molar-refractivity contribution >= 4 is 5.91 Å². The largest absolute Gasteiger partial charge is 0.494 e. The van der Waals surface area contributed by atoms with Gasteiger partial charge in [0.15, 0.2) is 0 Å². The zero-order valence-corrected chi connectivity index (χ0v) is 13.5. The first-order valence-corrected chi connectivity index (χ1v) is 8.05. The molecular weight excluding hydrogens is 276 g/mol. The molecule has 1 aliphatic rings. The lowest BCUT2D eigenvalue weighted by atomic mass is 10.1. The first kappa shape index (κ1) is 16.6. The second-order valence-electron chi connectivity index (χ2n) is 6.05. The van der Waals surface area contributed by atoms with Gasteiger partial charge >= 0.3 is 0 Å². The second kappa shape index (κ2) is 8.59. The van der Waals surface area contributed by atoms with Crippen LogP contribution in [-0.4, -0.2) is 32.1 Å². The van der Waals surface area contributed by atoms with Gasteiger partial charge in [0, 0.05) is 18.7 Å². The highest BCUT2D eigenvalue weighted by molar-refractivity contribution is 5.94. The summed E-state index contributed by atoms with van der Waals surface area (Å²) in [5.41, 5.74) is 1.96. The third-order valence-corrected chi connectivity index (χ3v) is 3.71. The van der Waals surface area contributed by atoms with Crippen LogP contribution in [0, 0.1) is 5.92 Å². The molecule has 1 aromatic rings. The first-order chi connectivity index (χ1) is 10.6. The average molecular weight is 302 g/mol. The van der Waals surface area contributed by atoms with Gasteiger partial charge < -0.3 is 15.4 Å². The van der Waals surface area contributed by atoms with Crippen LogP contribution in [0.4, 0.5) is 0 Å². The van der Waals surface area contributed by atoms with E-state index >= 15 is 0 Å². The first-order valence-electron chi connectivity index (χ1n) is 8.05. The Morgan fingerprint density at radius 3 is 2.73 bits per heavy atom. The van der Waals surface area contributed by atoms with Crippen LogP contribution in [0.5, 0.6) is 5.75 Å². The smallest absolute Gasteiger partial charge is 0.251 e. The van der Waals surface area contributed by atoms with Crippen molar-refractivity contribution in [2.75, 3.05) is 26.2 Å². The Kier molecular flexibility index (Phi) is 6.46. The number of rotatable bonds is 7. The van der Waals surface area contributed by atoms with E-state index in [0.717, 1.165) is 31.7 Å². The minimum absolute atomic E-state index is 0.0341. The van der Waals surface area contributed by atoms with E-state index in [0.29, 0.717) is 24.6 Å². The van der Waals surface area contributed by atoms with Crippen molar-refractivity contribution in [3.05, 3.63) is 41.5 Å². The zero-order chi connectivity index (χ0) is 15.8. The Hall–Kier alpha value is -1.81. The van der Waals surface area contributed by atoms with Crippen LogP contribution in [0.1, 0.15) is 37.0 Å². The maximum Gasteiger partial charge on any atom is 0.251 e. The van der Waals surface area contributed by atoms with Crippen molar-refractivity contribution in [1.29, 1.82) is 0 Å². The van der Waals surface area contributed by atoms with Gasteiger partial charge in [-0.2, -0.15) is 0 Å². The molecule has 0 aliphatic carbocycles. The third-order valence-electron chi connectivity index (χ3n) is 3.71. The molecule has 120 valence electrons. The number of amides is 1. The second-order valence-corrected chi connectivity index (χ2v) is 6.05. The molecule has 0 bridgehead atoms. The molecule has 22 heavy (non-hydrogen) atoms. The highest BCUT2D eigenvalue weighted by Crippen LogP contribution is 2.13. The van der Waals surface area contributed by atoms with Gasteiger partial charge in [0.05, 0.1) is 6.61 Å². The molecule has 1 heterocycles. The normalized spacial score (nSPS) is 14.6. The van der Waals surface area contributed by atoms with E-state index in [1.165, 1.54) is 5.57 Å². The van der Waals surface area contributed by atoms with Gasteiger partial charge in [-0.1, -0.05) is 25.5 Å². The van der Waals surface area contributed by atoms with Crippen LogP contribution in [0.25, 0.3) is 0 Å². The average Bonchev–Trinajstić information content (AvgIpc) is 2.54.